The minimum Gasteiger partial charge on any atom is -0.383 e. The molecule has 1 aliphatic rings. The minimum atomic E-state index is 0.0507. The number of nitrogens with one attached hydrogen (secondary N) is 1. The van der Waals surface area contributed by atoms with E-state index < -0.39 is 0 Å². The minimum absolute atomic E-state index is 0.0507. The number of rotatable bonds is 5. The van der Waals surface area contributed by atoms with Crippen LogP contribution in [0.3, 0.4) is 0 Å². The Morgan fingerprint density at radius 1 is 1.47 bits per heavy atom. The van der Waals surface area contributed by atoms with Crippen molar-refractivity contribution in [3.8, 4) is 0 Å². The molecule has 0 bridgehead atoms. The number of nitrogens with two attached hydrogens (primary N) is 1. The number of amides is 1. The number of ether oxygens (including phenoxy) is 1. The Morgan fingerprint density at radius 3 is 3.00 bits per heavy atom. The molecule has 0 atom stereocenters. The molecule has 1 amide bonds. The van der Waals surface area contributed by atoms with Gasteiger partial charge in [0.2, 0.25) is 5.91 Å². The van der Waals surface area contributed by atoms with Gasteiger partial charge in [0.15, 0.2) is 0 Å². The van der Waals surface area contributed by atoms with Gasteiger partial charge in [-0.25, -0.2) is 9.97 Å². The molecule has 2 rings (SSSR count). The zero-order chi connectivity index (χ0) is 13.5. The predicted octanol–water partition coefficient (Wildman–Crippen LogP) is 0.882. The van der Waals surface area contributed by atoms with E-state index in [1.807, 2.05) is 0 Å². The fraction of sp³-hybridized carbons (Fsp3) is 0.615. The molecule has 104 valence electrons. The number of nitrogen functional groups attached to an aromatic ring is 1. The molecule has 6 nitrogen and oxygen atoms in total. The van der Waals surface area contributed by atoms with E-state index in [1.54, 1.807) is 6.20 Å². The van der Waals surface area contributed by atoms with Crippen molar-refractivity contribution in [1.82, 2.24) is 15.3 Å². The van der Waals surface area contributed by atoms with Crippen LogP contribution in [0.25, 0.3) is 0 Å². The molecule has 0 saturated carbocycles. The molecular weight excluding hydrogens is 244 g/mol. The summed E-state index contributed by atoms with van der Waals surface area (Å²) >= 11 is 0. The number of carbonyl (C=O) groups excluding carboxylic acids is 1. The van der Waals surface area contributed by atoms with E-state index in [1.165, 1.54) is 6.33 Å². The molecule has 1 aromatic rings. The molecule has 0 aromatic carbocycles. The summed E-state index contributed by atoms with van der Waals surface area (Å²) in [6.45, 7) is 2.04. The first-order chi connectivity index (χ1) is 9.25. The molecule has 1 aliphatic heterocycles. The van der Waals surface area contributed by atoms with Gasteiger partial charge >= 0.3 is 0 Å². The molecule has 1 saturated heterocycles. The lowest BCUT2D eigenvalue weighted by atomic mass is 9.95. The average Bonchev–Trinajstić information content (AvgIpc) is 2.45. The highest BCUT2D eigenvalue weighted by Gasteiger charge is 2.15. The molecule has 3 N–H and O–H groups in total. The normalized spacial score (nSPS) is 16.2. The van der Waals surface area contributed by atoms with Crippen LogP contribution in [-0.2, 0) is 16.1 Å². The largest absolute Gasteiger partial charge is 0.383 e. The Labute approximate surface area is 112 Å². The fourth-order valence-corrected chi connectivity index (χ4v) is 2.16. The van der Waals surface area contributed by atoms with E-state index in [-0.39, 0.29) is 5.91 Å². The highest BCUT2D eigenvalue weighted by molar-refractivity contribution is 5.75. The average molecular weight is 264 g/mol. The highest BCUT2D eigenvalue weighted by Crippen LogP contribution is 2.19. The molecule has 6 heteroatoms. The van der Waals surface area contributed by atoms with Crippen molar-refractivity contribution in [3.63, 3.8) is 0 Å². The van der Waals surface area contributed by atoms with Crippen molar-refractivity contribution in [3.05, 3.63) is 18.1 Å². The number of hydrogen-bond donors (Lipinski definition) is 2. The van der Waals surface area contributed by atoms with Crippen LogP contribution in [-0.4, -0.2) is 29.1 Å². The van der Waals surface area contributed by atoms with Crippen molar-refractivity contribution in [2.24, 2.45) is 5.92 Å². The van der Waals surface area contributed by atoms with Gasteiger partial charge in [-0.3, -0.25) is 4.79 Å². The molecule has 1 aromatic heterocycles. The summed E-state index contributed by atoms with van der Waals surface area (Å²) in [6, 6.07) is 0. The quantitative estimate of drug-likeness (QED) is 0.824. The van der Waals surface area contributed by atoms with Gasteiger partial charge < -0.3 is 15.8 Å². The van der Waals surface area contributed by atoms with Crippen LogP contribution < -0.4 is 11.1 Å². The zero-order valence-corrected chi connectivity index (χ0v) is 11.0. The first-order valence-corrected chi connectivity index (χ1v) is 6.64. The van der Waals surface area contributed by atoms with Crippen LogP contribution in [0.15, 0.2) is 12.5 Å². The molecule has 0 aliphatic carbocycles. The number of hydrogen-bond acceptors (Lipinski definition) is 5. The van der Waals surface area contributed by atoms with Crippen LogP contribution in [0.5, 0.6) is 0 Å². The van der Waals surface area contributed by atoms with Crippen LogP contribution in [0.4, 0.5) is 5.82 Å². The lowest BCUT2D eigenvalue weighted by Crippen LogP contribution is -2.25. The second kappa shape index (κ2) is 7.04. The van der Waals surface area contributed by atoms with E-state index in [0.29, 0.717) is 24.7 Å². The van der Waals surface area contributed by atoms with Crippen LogP contribution in [0.2, 0.25) is 0 Å². The SMILES string of the molecule is Nc1ncncc1CNC(=O)CCC1CCOCC1. The second-order valence-electron chi connectivity index (χ2n) is 4.80. The highest BCUT2D eigenvalue weighted by atomic mass is 16.5. The first kappa shape index (κ1) is 13.7. The standard InChI is InChI=1S/C13H20N4O2/c14-13-11(7-15-9-17-13)8-16-12(18)2-1-10-3-5-19-6-4-10/h7,9-10H,1-6,8H2,(H,16,18)(H2,14,15,17). The van der Waals surface area contributed by atoms with Gasteiger partial charge in [0, 0.05) is 37.9 Å². The van der Waals surface area contributed by atoms with Crippen LogP contribution >= 0.6 is 0 Å². The van der Waals surface area contributed by atoms with E-state index >= 15 is 0 Å². The van der Waals surface area contributed by atoms with Gasteiger partial charge in [0.05, 0.1) is 0 Å². The Hall–Kier alpha value is -1.69. The third kappa shape index (κ3) is 4.48. The summed E-state index contributed by atoms with van der Waals surface area (Å²) in [6.07, 6.45) is 6.63. The van der Waals surface area contributed by atoms with Crippen molar-refractivity contribution in [2.75, 3.05) is 18.9 Å². The van der Waals surface area contributed by atoms with E-state index in [9.17, 15) is 4.79 Å². The van der Waals surface area contributed by atoms with Gasteiger partial charge in [0.1, 0.15) is 12.1 Å². The Balaban J connectivity index is 1.68. The van der Waals surface area contributed by atoms with E-state index in [0.717, 1.165) is 38.0 Å². The van der Waals surface area contributed by atoms with Gasteiger partial charge in [-0.1, -0.05) is 0 Å². The predicted molar refractivity (Wildman–Crippen MR) is 71.1 cm³/mol. The van der Waals surface area contributed by atoms with Gasteiger partial charge in [-0.2, -0.15) is 0 Å². The van der Waals surface area contributed by atoms with Crippen molar-refractivity contribution >= 4 is 11.7 Å². The first-order valence-electron chi connectivity index (χ1n) is 6.64. The number of anilines is 1. The monoisotopic (exact) mass is 264 g/mol. The number of carbonyl (C=O) groups is 1. The molecular formula is C13H20N4O2. The third-order valence-corrected chi connectivity index (χ3v) is 3.42. The number of nitrogens with zero attached hydrogens (tertiary/aromatic N) is 2. The molecule has 19 heavy (non-hydrogen) atoms. The maximum Gasteiger partial charge on any atom is 0.220 e. The summed E-state index contributed by atoms with van der Waals surface area (Å²) in [4.78, 5) is 19.5. The summed E-state index contributed by atoms with van der Waals surface area (Å²) in [5.41, 5.74) is 6.43. The van der Waals surface area contributed by atoms with Gasteiger partial charge in [-0.15, -0.1) is 0 Å². The molecule has 2 heterocycles. The summed E-state index contributed by atoms with van der Waals surface area (Å²) < 4.78 is 5.30. The summed E-state index contributed by atoms with van der Waals surface area (Å²) in [5, 5.41) is 2.85. The lowest BCUT2D eigenvalue weighted by molar-refractivity contribution is -0.121. The van der Waals surface area contributed by atoms with Gasteiger partial charge in [0.25, 0.3) is 0 Å². The molecule has 0 spiro atoms. The maximum atomic E-state index is 11.7. The zero-order valence-electron chi connectivity index (χ0n) is 11.0. The summed E-state index contributed by atoms with van der Waals surface area (Å²) in [5.74, 6) is 1.08. The second-order valence-corrected chi connectivity index (χ2v) is 4.80. The molecule has 1 fully saturated rings. The van der Waals surface area contributed by atoms with E-state index in [2.05, 4.69) is 15.3 Å². The van der Waals surface area contributed by atoms with Crippen molar-refractivity contribution in [2.45, 2.75) is 32.2 Å². The van der Waals surface area contributed by atoms with E-state index in [4.69, 9.17) is 10.5 Å². The smallest absolute Gasteiger partial charge is 0.220 e. The Bertz CT molecular complexity index is 419. The van der Waals surface area contributed by atoms with Crippen LogP contribution in [0.1, 0.15) is 31.2 Å². The third-order valence-electron chi connectivity index (χ3n) is 3.42. The fourth-order valence-electron chi connectivity index (χ4n) is 2.16. The lowest BCUT2D eigenvalue weighted by Gasteiger charge is -2.21. The number of aromatic nitrogens is 2. The van der Waals surface area contributed by atoms with Gasteiger partial charge in [-0.05, 0) is 25.2 Å². The maximum absolute atomic E-state index is 11.7. The van der Waals surface area contributed by atoms with Crippen molar-refractivity contribution in [1.29, 1.82) is 0 Å². The van der Waals surface area contributed by atoms with Crippen molar-refractivity contribution < 1.29 is 9.53 Å². The summed E-state index contributed by atoms with van der Waals surface area (Å²) in [7, 11) is 0. The Kier molecular flexibility index (Phi) is 5.09. The topological polar surface area (TPSA) is 90.1 Å². The van der Waals surface area contributed by atoms with Crippen LogP contribution in [0, 0.1) is 5.92 Å². The molecule has 0 radical (unpaired) electrons. The Morgan fingerprint density at radius 2 is 2.26 bits per heavy atom. The molecule has 0 unspecified atom stereocenters.